The van der Waals surface area contributed by atoms with Crippen LogP contribution in [-0.4, -0.2) is 30.4 Å². The van der Waals surface area contributed by atoms with Crippen LogP contribution in [0.3, 0.4) is 0 Å². The number of likely N-dealkylation sites (tertiary alicyclic amines) is 1. The van der Waals surface area contributed by atoms with Gasteiger partial charge in [0.15, 0.2) is 0 Å². The van der Waals surface area contributed by atoms with Gasteiger partial charge in [0.2, 0.25) is 0 Å². The zero-order valence-electron chi connectivity index (χ0n) is 14.6. The summed E-state index contributed by atoms with van der Waals surface area (Å²) in [6.07, 6.45) is 3.47. The largest absolute Gasteiger partial charge is 0.347 e. The molecule has 1 heterocycles. The number of hydrogen-bond donors (Lipinski definition) is 0. The van der Waals surface area contributed by atoms with Crippen LogP contribution in [0, 0.1) is 11.3 Å². The third-order valence-electron chi connectivity index (χ3n) is 4.11. The van der Waals surface area contributed by atoms with Gasteiger partial charge in [-0.15, -0.1) is 0 Å². The van der Waals surface area contributed by atoms with Crippen LogP contribution in [0.15, 0.2) is 24.3 Å². The van der Waals surface area contributed by atoms with E-state index in [0.717, 1.165) is 37.8 Å². The SMILES string of the molecule is CCCOP(=O)(OCCC)C1CCCN1Cc1ccc(C#N)cc1. The average molecular weight is 350 g/mol. The fourth-order valence-electron chi connectivity index (χ4n) is 2.92. The summed E-state index contributed by atoms with van der Waals surface area (Å²) in [6, 6.07) is 9.68. The Labute approximate surface area is 145 Å². The standard InChI is InChI=1S/C18H27N2O3P/c1-3-12-22-24(21,23-13-4-2)18-6-5-11-20(18)15-17-9-7-16(14-19)8-10-17/h7-10,18H,3-6,11-13,15H2,1-2H3. The van der Waals surface area contributed by atoms with Crippen molar-refractivity contribution in [2.75, 3.05) is 19.8 Å². The Morgan fingerprint density at radius 1 is 1.21 bits per heavy atom. The van der Waals surface area contributed by atoms with Gasteiger partial charge in [-0.3, -0.25) is 9.46 Å². The molecule has 0 aliphatic carbocycles. The van der Waals surface area contributed by atoms with Crippen molar-refractivity contribution < 1.29 is 13.6 Å². The second-order valence-electron chi connectivity index (χ2n) is 6.11. The molecule has 0 N–H and O–H groups in total. The molecule has 1 aliphatic rings. The van der Waals surface area contributed by atoms with Crippen molar-refractivity contribution in [2.24, 2.45) is 0 Å². The highest BCUT2D eigenvalue weighted by Crippen LogP contribution is 2.57. The third kappa shape index (κ3) is 4.91. The highest BCUT2D eigenvalue weighted by molar-refractivity contribution is 7.54. The van der Waals surface area contributed by atoms with E-state index < -0.39 is 7.60 Å². The molecule has 1 saturated heterocycles. The Morgan fingerprint density at radius 2 is 1.83 bits per heavy atom. The van der Waals surface area contributed by atoms with Crippen LogP contribution in [0.1, 0.15) is 50.7 Å². The summed E-state index contributed by atoms with van der Waals surface area (Å²) >= 11 is 0. The fraction of sp³-hybridized carbons (Fsp3) is 0.611. The molecular weight excluding hydrogens is 323 g/mol. The first-order chi connectivity index (χ1) is 11.6. The first-order valence-electron chi connectivity index (χ1n) is 8.74. The summed E-state index contributed by atoms with van der Waals surface area (Å²) in [6.45, 7) is 6.52. The van der Waals surface area contributed by atoms with Crippen LogP contribution in [0.4, 0.5) is 0 Å². The van der Waals surface area contributed by atoms with Crippen molar-refractivity contribution in [1.29, 1.82) is 5.26 Å². The lowest BCUT2D eigenvalue weighted by Gasteiger charge is -2.30. The van der Waals surface area contributed by atoms with E-state index in [-0.39, 0.29) is 5.78 Å². The van der Waals surface area contributed by atoms with Crippen LogP contribution in [0.5, 0.6) is 0 Å². The molecule has 0 spiro atoms. The Kier molecular flexibility index (Phi) is 7.45. The summed E-state index contributed by atoms with van der Waals surface area (Å²) in [5.41, 5.74) is 1.76. The van der Waals surface area contributed by atoms with Gasteiger partial charge < -0.3 is 9.05 Å². The van der Waals surface area contributed by atoms with Gasteiger partial charge in [0.05, 0.1) is 24.8 Å². The van der Waals surface area contributed by atoms with E-state index in [0.29, 0.717) is 25.3 Å². The number of nitriles is 1. The predicted octanol–water partition coefficient (Wildman–Crippen LogP) is 4.53. The molecule has 1 aliphatic heterocycles. The Bertz CT molecular complexity index is 585. The second-order valence-corrected chi connectivity index (χ2v) is 8.30. The Balaban J connectivity index is 2.10. The number of rotatable bonds is 9. The molecule has 132 valence electrons. The van der Waals surface area contributed by atoms with Crippen LogP contribution >= 0.6 is 7.60 Å². The Hall–Kier alpha value is -1.18. The summed E-state index contributed by atoms with van der Waals surface area (Å²) in [5, 5.41) is 8.90. The molecule has 1 atom stereocenters. The first-order valence-corrected chi connectivity index (χ1v) is 10.4. The van der Waals surface area contributed by atoms with Crippen molar-refractivity contribution in [1.82, 2.24) is 4.90 Å². The topological polar surface area (TPSA) is 62.6 Å². The number of nitrogens with zero attached hydrogens (tertiary/aromatic N) is 2. The first kappa shape index (κ1) is 19.1. The molecule has 6 heteroatoms. The molecule has 0 saturated carbocycles. The van der Waals surface area contributed by atoms with Crippen LogP contribution in [0.2, 0.25) is 0 Å². The summed E-state index contributed by atoms with van der Waals surface area (Å²) in [5.74, 6) is -0.175. The zero-order valence-corrected chi connectivity index (χ0v) is 15.5. The van der Waals surface area contributed by atoms with E-state index >= 15 is 0 Å². The molecule has 1 aromatic rings. The molecule has 24 heavy (non-hydrogen) atoms. The minimum absolute atomic E-state index is 0.175. The third-order valence-corrected chi connectivity index (χ3v) is 6.51. The van der Waals surface area contributed by atoms with Crippen LogP contribution in [0.25, 0.3) is 0 Å². The minimum atomic E-state index is -3.13. The van der Waals surface area contributed by atoms with Crippen molar-refractivity contribution >= 4 is 7.60 Å². The van der Waals surface area contributed by atoms with E-state index in [2.05, 4.69) is 11.0 Å². The van der Waals surface area contributed by atoms with E-state index in [1.165, 1.54) is 0 Å². The van der Waals surface area contributed by atoms with Crippen molar-refractivity contribution in [3.63, 3.8) is 0 Å². The lowest BCUT2D eigenvalue weighted by molar-refractivity contribution is 0.168. The lowest BCUT2D eigenvalue weighted by atomic mass is 10.1. The monoisotopic (exact) mass is 350 g/mol. The molecule has 2 rings (SSSR count). The smallest absolute Gasteiger partial charge is 0.307 e. The van der Waals surface area contributed by atoms with Crippen molar-refractivity contribution in [3.8, 4) is 6.07 Å². The van der Waals surface area contributed by atoms with Gasteiger partial charge >= 0.3 is 7.60 Å². The average Bonchev–Trinajstić information content (AvgIpc) is 3.08. The van der Waals surface area contributed by atoms with E-state index in [1.54, 1.807) is 0 Å². The van der Waals surface area contributed by atoms with Crippen molar-refractivity contribution in [3.05, 3.63) is 35.4 Å². The summed E-state index contributed by atoms with van der Waals surface area (Å²) < 4.78 is 24.7. The van der Waals surface area contributed by atoms with E-state index in [4.69, 9.17) is 14.3 Å². The van der Waals surface area contributed by atoms with Crippen LogP contribution < -0.4 is 0 Å². The zero-order chi connectivity index (χ0) is 17.4. The summed E-state index contributed by atoms with van der Waals surface area (Å²) in [7, 11) is -3.13. The van der Waals surface area contributed by atoms with E-state index in [9.17, 15) is 4.57 Å². The molecular formula is C18H27N2O3P. The highest BCUT2D eigenvalue weighted by Gasteiger charge is 2.42. The van der Waals surface area contributed by atoms with Gasteiger partial charge in [0.25, 0.3) is 0 Å². The molecule has 1 aromatic carbocycles. The van der Waals surface area contributed by atoms with Gasteiger partial charge in [0, 0.05) is 6.54 Å². The molecule has 1 fully saturated rings. The summed E-state index contributed by atoms with van der Waals surface area (Å²) in [4.78, 5) is 2.20. The van der Waals surface area contributed by atoms with Crippen LogP contribution in [-0.2, 0) is 20.2 Å². The maximum atomic E-state index is 13.3. The van der Waals surface area contributed by atoms with Crippen molar-refractivity contribution in [2.45, 2.75) is 51.9 Å². The Morgan fingerprint density at radius 3 is 2.38 bits per heavy atom. The second kappa shape index (κ2) is 9.34. The molecule has 0 bridgehead atoms. The van der Waals surface area contributed by atoms with E-state index in [1.807, 2.05) is 38.1 Å². The maximum absolute atomic E-state index is 13.3. The van der Waals surface area contributed by atoms with Gasteiger partial charge in [-0.2, -0.15) is 5.26 Å². The molecule has 0 amide bonds. The van der Waals surface area contributed by atoms with Gasteiger partial charge in [-0.1, -0.05) is 26.0 Å². The fourth-order valence-corrected chi connectivity index (χ4v) is 5.31. The minimum Gasteiger partial charge on any atom is -0.307 e. The maximum Gasteiger partial charge on any atom is 0.347 e. The normalized spacial score (nSPS) is 18.6. The lowest BCUT2D eigenvalue weighted by Crippen LogP contribution is -2.30. The molecule has 1 unspecified atom stereocenters. The van der Waals surface area contributed by atoms with Gasteiger partial charge in [-0.05, 0) is 49.9 Å². The number of hydrogen-bond acceptors (Lipinski definition) is 5. The van der Waals surface area contributed by atoms with Gasteiger partial charge in [0.1, 0.15) is 5.78 Å². The predicted molar refractivity (Wildman–Crippen MR) is 94.7 cm³/mol. The highest BCUT2D eigenvalue weighted by atomic mass is 31.2. The molecule has 0 aromatic heterocycles. The molecule has 5 nitrogen and oxygen atoms in total. The number of benzene rings is 1. The molecule has 0 radical (unpaired) electrons. The van der Waals surface area contributed by atoms with Gasteiger partial charge in [-0.25, -0.2) is 0 Å². The quantitative estimate of drug-likeness (QED) is 0.613.